The summed E-state index contributed by atoms with van der Waals surface area (Å²) in [5, 5.41) is 3.04. The van der Waals surface area contributed by atoms with Crippen molar-refractivity contribution in [3.05, 3.63) is 66.4 Å². The molecule has 1 fully saturated rings. The van der Waals surface area contributed by atoms with Gasteiger partial charge >= 0.3 is 0 Å². The number of pyridine rings is 1. The van der Waals surface area contributed by atoms with Crippen LogP contribution < -0.4 is 10.2 Å². The third-order valence-corrected chi connectivity index (χ3v) is 5.49. The minimum atomic E-state index is -0.484. The Morgan fingerprint density at radius 3 is 2.67 bits per heavy atom. The number of aryl methyl sites for hydroxylation is 1. The molecule has 2 atom stereocenters. The fraction of sp³-hybridized carbons (Fsp3) is 0.304. The predicted molar refractivity (Wildman–Crippen MR) is 115 cm³/mol. The maximum atomic E-state index is 13.2. The van der Waals surface area contributed by atoms with Crippen LogP contribution in [0.1, 0.15) is 31.7 Å². The average Bonchev–Trinajstić information content (AvgIpc) is 2.76. The largest absolute Gasteiger partial charge is 0.342 e. The number of hydrogen-bond donors (Lipinski definition) is 1. The number of anilines is 2. The first-order valence-electron chi connectivity index (χ1n) is 10.1. The second kappa shape index (κ2) is 8.57. The fourth-order valence-electron chi connectivity index (χ4n) is 3.96. The molecule has 1 N–H and O–H groups in total. The van der Waals surface area contributed by atoms with E-state index < -0.39 is 5.82 Å². The lowest BCUT2D eigenvalue weighted by Crippen LogP contribution is -2.51. The van der Waals surface area contributed by atoms with Crippen molar-refractivity contribution in [3.8, 4) is 11.4 Å². The first-order chi connectivity index (χ1) is 14.5. The van der Waals surface area contributed by atoms with Crippen molar-refractivity contribution < 1.29 is 9.18 Å². The van der Waals surface area contributed by atoms with E-state index in [1.54, 1.807) is 6.20 Å². The first-order valence-corrected chi connectivity index (χ1v) is 10.1. The second-order valence-corrected chi connectivity index (χ2v) is 7.63. The van der Waals surface area contributed by atoms with E-state index in [2.05, 4.69) is 32.1 Å². The number of rotatable bonds is 4. The molecule has 1 aliphatic heterocycles. The van der Waals surface area contributed by atoms with Gasteiger partial charge in [-0.15, -0.1) is 0 Å². The van der Waals surface area contributed by atoms with Crippen LogP contribution in [0.25, 0.3) is 11.4 Å². The fourth-order valence-corrected chi connectivity index (χ4v) is 3.96. The van der Waals surface area contributed by atoms with E-state index in [4.69, 9.17) is 0 Å². The van der Waals surface area contributed by atoms with Gasteiger partial charge in [-0.2, -0.15) is 0 Å². The van der Waals surface area contributed by atoms with Crippen molar-refractivity contribution in [2.45, 2.75) is 45.2 Å². The lowest BCUT2D eigenvalue weighted by Gasteiger charge is -2.40. The van der Waals surface area contributed by atoms with Crippen LogP contribution >= 0.6 is 0 Å². The van der Waals surface area contributed by atoms with Gasteiger partial charge in [0.05, 0.1) is 12.4 Å². The van der Waals surface area contributed by atoms with Gasteiger partial charge in [0.25, 0.3) is 0 Å². The molecule has 2 unspecified atom stereocenters. The summed E-state index contributed by atoms with van der Waals surface area (Å²) in [7, 11) is 0. The van der Waals surface area contributed by atoms with Crippen LogP contribution in [0.2, 0.25) is 0 Å². The predicted octanol–water partition coefficient (Wildman–Crippen LogP) is 4.37. The number of aromatic nitrogens is 3. The van der Waals surface area contributed by atoms with Crippen LogP contribution in [0, 0.1) is 12.7 Å². The highest BCUT2D eigenvalue weighted by atomic mass is 19.1. The summed E-state index contributed by atoms with van der Waals surface area (Å²) >= 11 is 0. The topological polar surface area (TPSA) is 71.0 Å². The molecule has 4 rings (SSSR count). The maximum Gasteiger partial charge on any atom is 0.247 e. The summed E-state index contributed by atoms with van der Waals surface area (Å²) < 4.78 is 13.2. The summed E-state index contributed by atoms with van der Waals surface area (Å²) in [5.74, 6) is 0.685. The summed E-state index contributed by atoms with van der Waals surface area (Å²) in [4.78, 5) is 27.9. The van der Waals surface area contributed by atoms with Gasteiger partial charge < -0.3 is 10.2 Å². The van der Waals surface area contributed by atoms with E-state index in [1.165, 1.54) is 0 Å². The summed E-state index contributed by atoms with van der Waals surface area (Å²) in [6.07, 6.45) is 6.82. The molecule has 1 aliphatic rings. The SMILES string of the molecule is Cc1ccc(NC(=O)C2CCCC(C)N2c2ccccn2)cc1-c1ncc(F)cn1. The third-order valence-electron chi connectivity index (χ3n) is 5.49. The summed E-state index contributed by atoms with van der Waals surface area (Å²) in [5.41, 5.74) is 2.36. The van der Waals surface area contributed by atoms with Crippen molar-refractivity contribution >= 4 is 17.4 Å². The molecule has 0 saturated carbocycles. The van der Waals surface area contributed by atoms with E-state index in [1.807, 2.05) is 43.3 Å². The Hall–Kier alpha value is -3.35. The number of piperidine rings is 1. The molecular weight excluding hydrogens is 381 g/mol. The Morgan fingerprint density at radius 1 is 1.13 bits per heavy atom. The van der Waals surface area contributed by atoms with Gasteiger partial charge in [-0.05, 0) is 62.9 Å². The van der Waals surface area contributed by atoms with E-state index in [0.29, 0.717) is 11.5 Å². The van der Waals surface area contributed by atoms with Gasteiger partial charge in [-0.25, -0.2) is 19.3 Å². The van der Waals surface area contributed by atoms with Gasteiger partial charge in [0.15, 0.2) is 11.6 Å². The number of carbonyl (C=O) groups excluding carboxylic acids is 1. The summed E-state index contributed by atoms with van der Waals surface area (Å²) in [6.45, 7) is 4.06. The Kier molecular flexibility index (Phi) is 5.70. The van der Waals surface area contributed by atoms with Gasteiger partial charge in [0.2, 0.25) is 5.91 Å². The number of benzene rings is 1. The molecule has 1 amide bonds. The highest BCUT2D eigenvalue weighted by molar-refractivity contribution is 5.97. The summed E-state index contributed by atoms with van der Waals surface area (Å²) in [6, 6.07) is 11.3. The van der Waals surface area contributed by atoms with Crippen LogP contribution in [-0.4, -0.2) is 32.9 Å². The second-order valence-electron chi connectivity index (χ2n) is 7.63. The normalized spacial score (nSPS) is 18.8. The molecule has 0 aliphatic carbocycles. The Morgan fingerprint density at radius 2 is 1.93 bits per heavy atom. The Balaban J connectivity index is 1.58. The van der Waals surface area contributed by atoms with Gasteiger partial charge in [0.1, 0.15) is 11.9 Å². The molecule has 6 nitrogen and oxygen atoms in total. The molecule has 0 spiro atoms. The average molecular weight is 405 g/mol. The number of amides is 1. The highest BCUT2D eigenvalue weighted by Crippen LogP contribution is 2.29. The molecule has 0 bridgehead atoms. The van der Waals surface area contributed by atoms with E-state index in [-0.39, 0.29) is 18.0 Å². The zero-order valence-corrected chi connectivity index (χ0v) is 17.0. The molecule has 3 heterocycles. The van der Waals surface area contributed by atoms with Crippen molar-refractivity contribution in [1.29, 1.82) is 0 Å². The highest BCUT2D eigenvalue weighted by Gasteiger charge is 2.33. The number of halogens is 1. The number of carbonyl (C=O) groups is 1. The Labute approximate surface area is 175 Å². The molecule has 3 aromatic rings. The quantitative estimate of drug-likeness (QED) is 0.698. The van der Waals surface area contributed by atoms with Crippen LogP contribution in [-0.2, 0) is 4.79 Å². The number of nitrogens with zero attached hydrogens (tertiary/aromatic N) is 4. The molecule has 1 saturated heterocycles. The standard InChI is InChI=1S/C23H24FN5O/c1-15-9-10-18(12-19(15)22-26-13-17(24)14-27-22)28-23(30)20-7-5-6-16(2)29(20)21-8-3-4-11-25-21/h3-4,8-14,16,20H,5-7H2,1-2H3,(H,28,30). The molecule has 1 aromatic carbocycles. The zero-order valence-electron chi connectivity index (χ0n) is 17.0. The van der Waals surface area contributed by atoms with Gasteiger partial charge in [0, 0.05) is 23.5 Å². The molecule has 2 aromatic heterocycles. The maximum absolute atomic E-state index is 13.2. The van der Waals surface area contributed by atoms with E-state index >= 15 is 0 Å². The molecule has 30 heavy (non-hydrogen) atoms. The van der Waals surface area contributed by atoms with Crippen LogP contribution in [0.5, 0.6) is 0 Å². The van der Waals surface area contributed by atoms with Crippen molar-refractivity contribution in [3.63, 3.8) is 0 Å². The number of nitrogens with one attached hydrogen (secondary N) is 1. The first kappa shape index (κ1) is 19.9. The van der Waals surface area contributed by atoms with Gasteiger partial charge in [-0.3, -0.25) is 4.79 Å². The van der Waals surface area contributed by atoms with E-state index in [0.717, 1.165) is 48.6 Å². The van der Waals surface area contributed by atoms with Crippen LogP contribution in [0.4, 0.5) is 15.9 Å². The molecular formula is C23H24FN5O. The van der Waals surface area contributed by atoms with Crippen molar-refractivity contribution in [2.75, 3.05) is 10.2 Å². The minimum absolute atomic E-state index is 0.0676. The van der Waals surface area contributed by atoms with E-state index in [9.17, 15) is 9.18 Å². The monoisotopic (exact) mass is 405 g/mol. The molecule has 7 heteroatoms. The van der Waals surface area contributed by atoms with Crippen molar-refractivity contribution in [2.24, 2.45) is 0 Å². The lowest BCUT2D eigenvalue weighted by atomic mass is 9.95. The zero-order chi connectivity index (χ0) is 21.1. The smallest absolute Gasteiger partial charge is 0.247 e. The van der Waals surface area contributed by atoms with Crippen molar-refractivity contribution in [1.82, 2.24) is 15.0 Å². The third kappa shape index (κ3) is 4.15. The van der Waals surface area contributed by atoms with Crippen LogP contribution in [0.3, 0.4) is 0 Å². The van der Waals surface area contributed by atoms with Crippen LogP contribution in [0.15, 0.2) is 55.0 Å². The molecule has 154 valence electrons. The Bertz CT molecular complexity index is 1030. The van der Waals surface area contributed by atoms with Gasteiger partial charge in [-0.1, -0.05) is 12.1 Å². The number of hydrogen-bond acceptors (Lipinski definition) is 5. The molecule has 0 radical (unpaired) electrons. The lowest BCUT2D eigenvalue weighted by molar-refractivity contribution is -0.118. The minimum Gasteiger partial charge on any atom is -0.342 e.